The molecule has 6 heteroatoms. The van der Waals surface area contributed by atoms with Crippen molar-refractivity contribution in [2.24, 2.45) is 0 Å². The minimum Gasteiger partial charge on any atom is -0.393 e. The molecule has 4 aromatic rings. The Morgan fingerprint density at radius 3 is 2.60 bits per heavy atom. The fraction of sp³-hybridized carbons (Fsp3) is 0.125. The second-order valence-corrected chi connectivity index (χ2v) is 6.96. The Morgan fingerprint density at radius 2 is 1.80 bits per heavy atom. The van der Waals surface area contributed by atoms with E-state index in [2.05, 4.69) is 51.4 Å². The number of aromatic nitrogens is 2. The fourth-order valence-electron chi connectivity index (χ4n) is 3.53. The van der Waals surface area contributed by atoms with E-state index in [4.69, 9.17) is 5.73 Å². The van der Waals surface area contributed by atoms with Crippen LogP contribution in [0, 0.1) is 0 Å². The van der Waals surface area contributed by atoms with Crippen molar-refractivity contribution < 1.29 is 4.79 Å². The number of nitrogens with one attached hydrogen (secondary N) is 1. The van der Waals surface area contributed by atoms with E-state index in [1.807, 2.05) is 30.3 Å². The summed E-state index contributed by atoms with van der Waals surface area (Å²) in [5.41, 5.74) is 9.34. The molecule has 0 atom stereocenters. The summed E-state index contributed by atoms with van der Waals surface area (Å²) < 4.78 is 0. The molecule has 0 aliphatic rings. The minimum absolute atomic E-state index is 0.00288. The van der Waals surface area contributed by atoms with E-state index in [0.717, 1.165) is 22.1 Å². The number of Topliss-reactive ketones (excluding diaryl/α,β-unsaturated/α-hetero) is 1. The van der Waals surface area contributed by atoms with Gasteiger partial charge in [-0.15, -0.1) is 0 Å². The number of carbonyl (C=O) groups excluding carboxylic acids is 1. The van der Waals surface area contributed by atoms with Crippen LogP contribution in [0.5, 0.6) is 0 Å². The van der Waals surface area contributed by atoms with Gasteiger partial charge in [0.1, 0.15) is 12.0 Å². The minimum atomic E-state index is 0.00288. The van der Waals surface area contributed by atoms with Crippen LogP contribution < -0.4 is 16.0 Å². The zero-order chi connectivity index (χ0) is 21.1. The van der Waals surface area contributed by atoms with E-state index in [-0.39, 0.29) is 5.78 Å². The third-order valence-corrected chi connectivity index (χ3v) is 5.02. The normalized spacial score (nSPS) is 10.7. The molecule has 0 aliphatic heterocycles. The summed E-state index contributed by atoms with van der Waals surface area (Å²) in [7, 11) is 0. The Kier molecular flexibility index (Phi) is 5.30. The fourth-order valence-corrected chi connectivity index (χ4v) is 3.53. The zero-order valence-electron chi connectivity index (χ0n) is 17.0. The van der Waals surface area contributed by atoms with Gasteiger partial charge in [0, 0.05) is 23.2 Å². The van der Waals surface area contributed by atoms with Crippen LogP contribution in [0.4, 0.5) is 28.7 Å². The van der Waals surface area contributed by atoms with Crippen molar-refractivity contribution in [1.29, 1.82) is 0 Å². The van der Waals surface area contributed by atoms with Gasteiger partial charge in [0.05, 0.1) is 5.69 Å². The number of rotatable bonds is 6. The Hall–Kier alpha value is -3.93. The molecule has 6 nitrogen and oxygen atoms in total. The van der Waals surface area contributed by atoms with Crippen LogP contribution in [0.2, 0.25) is 0 Å². The lowest BCUT2D eigenvalue weighted by Gasteiger charge is -2.25. The summed E-state index contributed by atoms with van der Waals surface area (Å²) in [5.74, 6) is 1.14. The van der Waals surface area contributed by atoms with E-state index in [9.17, 15) is 4.79 Å². The smallest absolute Gasteiger partial charge is 0.161 e. The third-order valence-electron chi connectivity index (χ3n) is 5.02. The van der Waals surface area contributed by atoms with Crippen LogP contribution in [-0.4, -0.2) is 22.3 Å². The number of anilines is 5. The van der Waals surface area contributed by atoms with E-state index in [0.29, 0.717) is 29.4 Å². The van der Waals surface area contributed by atoms with Gasteiger partial charge < -0.3 is 16.0 Å². The lowest BCUT2D eigenvalue weighted by atomic mass is 10.1. The molecule has 3 N–H and O–H groups in total. The maximum atomic E-state index is 11.7. The first-order valence-corrected chi connectivity index (χ1v) is 9.82. The second-order valence-electron chi connectivity index (χ2n) is 6.96. The second kappa shape index (κ2) is 8.21. The maximum absolute atomic E-state index is 11.7. The zero-order valence-corrected chi connectivity index (χ0v) is 17.0. The van der Waals surface area contributed by atoms with E-state index in [1.165, 1.54) is 6.33 Å². The standard InChI is InChI=1S/C24H23N5O/c1-3-29(21-13-7-9-17-8-4-5-12-20(17)21)24-22(25)23(26-15-27-24)28-19-11-6-10-18(14-19)16(2)30/h4-15H,3,25H2,1-2H3,(H,26,27,28). The number of nitrogen functional groups attached to an aromatic ring is 1. The van der Waals surface area contributed by atoms with E-state index >= 15 is 0 Å². The van der Waals surface area contributed by atoms with Crippen LogP contribution >= 0.6 is 0 Å². The van der Waals surface area contributed by atoms with Crippen LogP contribution in [0.3, 0.4) is 0 Å². The maximum Gasteiger partial charge on any atom is 0.161 e. The van der Waals surface area contributed by atoms with Gasteiger partial charge in [-0.2, -0.15) is 0 Å². The molecule has 3 aromatic carbocycles. The highest BCUT2D eigenvalue weighted by molar-refractivity contribution is 5.97. The van der Waals surface area contributed by atoms with Gasteiger partial charge in [-0.25, -0.2) is 9.97 Å². The van der Waals surface area contributed by atoms with Crippen molar-refractivity contribution in [3.63, 3.8) is 0 Å². The molecule has 30 heavy (non-hydrogen) atoms. The summed E-state index contributed by atoms with van der Waals surface area (Å²) in [6.07, 6.45) is 1.50. The average molecular weight is 397 g/mol. The van der Waals surface area contributed by atoms with Crippen molar-refractivity contribution >= 4 is 45.3 Å². The molecule has 0 bridgehead atoms. The molecule has 150 valence electrons. The first-order chi connectivity index (χ1) is 14.6. The Labute approximate surface area is 175 Å². The Bertz CT molecular complexity index is 1220. The van der Waals surface area contributed by atoms with Gasteiger partial charge in [0.2, 0.25) is 0 Å². The monoisotopic (exact) mass is 397 g/mol. The molecule has 0 radical (unpaired) electrons. The lowest BCUT2D eigenvalue weighted by molar-refractivity contribution is 0.101. The first kappa shape index (κ1) is 19.4. The van der Waals surface area contributed by atoms with Gasteiger partial charge in [0.15, 0.2) is 17.4 Å². The number of nitrogens with zero attached hydrogens (tertiary/aromatic N) is 3. The molecule has 0 amide bonds. The Morgan fingerprint density at radius 1 is 1.03 bits per heavy atom. The largest absolute Gasteiger partial charge is 0.393 e. The van der Waals surface area contributed by atoms with Crippen LogP contribution in [-0.2, 0) is 0 Å². The number of benzene rings is 3. The summed E-state index contributed by atoms with van der Waals surface area (Å²) >= 11 is 0. The summed E-state index contributed by atoms with van der Waals surface area (Å²) in [4.78, 5) is 22.6. The average Bonchev–Trinajstić information content (AvgIpc) is 2.77. The SMILES string of the molecule is CCN(c1ncnc(Nc2cccc(C(C)=O)c2)c1N)c1cccc2ccccc12. The molecule has 1 aromatic heterocycles. The molecular formula is C24H23N5O. The highest BCUT2D eigenvalue weighted by atomic mass is 16.1. The van der Waals surface area contributed by atoms with E-state index < -0.39 is 0 Å². The molecule has 0 aliphatic carbocycles. The van der Waals surface area contributed by atoms with E-state index in [1.54, 1.807) is 19.1 Å². The summed E-state index contributed by atoms with van der Waals surface area (Å²) in [6.45, 7) is 4.29. The Balaban J connectivity index is 1.74. The van der Waals surface area contributed by atoms with Gasteiger partial charge in [-0.05, 0) is 37.4 Å². The predicted octanol–water partition coefficient (Wildman–Crippen LogP) is 5.32. The molecule has 4 rings (SSSR count). The van der Waals surface area contributed by atoms with Crippen molar-refractivity contribution in [3.8, 4) is 0 Å². The molecule has 0 fully saturated rings. The molecule has 0 saturated heterocycles. The number of hydrogen-bond acceptors (Lipinski definition) is 6. The highest BCUT2D eigenvalue weighted by Gasteiger charge is 2.17. The summed E-state index contributed by atoms with van der Waals surface area (Å²) in [6, 6.07) is 21.7. The number of fused-ring (bicyclic) bond motifs is 1. The molecule has 0 saturated carbocycles. The molecular weight excluding hydrogens is 374 g/mol. The van der Waals surface area contributed by atoms with Gasteiger partial charge in [-0.1, -0.05) is 48.5 Å². The summed E-state index contributed by atoms with van der Waals surface area (Å²) in [5, 5.41) is 5.50. The quantitative estimate of drug-likeness (QED) is 0.429. The molecule has 1 heterocycles. The van der Waals surface area contributed by atoms with Crippen LogP contribution in [0.1, 0.15) is 24.2 Å². The van der Waals surface area contributed by atoms with Crippen LogP contribution in [0.15, 0.2) is 73.1 Å². The van der Waals surface area contributed by atoms with Gasteiger partial charge in [-0.3, -0.25) is 4.79 Å². The van der Waals surface area contributed by atoms with Gasteiger partial charge in [0.25, 0.3) is 0 Å². The lowest BCUT2D eigenvalue weighted by Crippen LogP contribution is -2.20. The number of nitrogens with two attached hydrogens (primary N) is 1. The van der Waals surface area contributed by atoms with Crippen LogP contribution in [0.25, 0.3) is 10.8 Å². The van der Waals surface area contributed by atoms with Gasteiger partial charge >= 0.3 is 0 Å². The number of ketones is 1. The predicted molar refractivity (Wildman–Crippen MR) is 123 cm³/mol. The third kappa shape index (κ3) is 3.67. The molecule has 0 spiro atoms. The van der Waals surface area contributed by atoms with Crippen molar-refractivity contribution in [2.75, 3.05) is 22.5 Å². The van der Waals surface area contributed by atoms with Crippen molar-refractivity contribution in [3.05, 3.63) is 78.6 Å². The first-order valence-electron chi connectivity index (χ1n) is 9.82. The highest BCUT2D eigenvalue weighted by Crippen LogP contribution is 2.36. The molecule has 0 unspecified atom stereocenters. The number of hydrogen-bond donors (Lipinski definition) is 2. The topological polar surface area (TPSA) is 84.1 Å². The van der Waals surface area contributed by atoms with Crippen molar-refractivity contribution in [1.82, 2.24) is 9.97 Å². The number of carbonyl (C=O) groups is 1. The van der Waals surface area contributed by atoms with Crippen molar-refractivity contribution in [2.45, 2.75) is 13.8 Å².